The van der Waals surface area contributed by atoms with Crippen LogP contribution in [0.25, 0.3) is 0 Å². The minimum atomic E-state index is -1.41. The predicted molar refractivity (Wildman–Crippen MR) is 82.4 cm³/mol. The van der Waals surface area contributed by atoms with E-state index in [4.69, 9.17) is 14.2 Å². The van der Waals surface area contributed by atoms with Gasteiger partial charge in [-0.15, -0.1) is 0 Å². The number of carboxylic acids is 1. The lowest BCUT2D eigenvalue weighted by Crippen LogP contribution is -2.77. The maximum atomic E-state index is 12.2. The van der Waals surface area contributed by atoms with Gasteiger partial charge in [0, 0.05) is 13.5 Å². The number of carbonyl (C=O) groups excluding carboxylic acids is 2. The number of rotatable bonds is 6. The Morgan fingerprint density at radius 3 is 2.72 bits per heavy atom. The lowest BCUT2D eigenvalue weighted by Gasteiger charge is -2.53. The molecule has 25 heavy (non-hydrogen) atoms. The Morgan fingerprint density at radius 2 is 2.08 bits per heavy atom. The first kappa shape index (κ1) is 17.2. The third-order valence-corrected chi connectivity index (χ3v) is 4.13. The van der Waals surface area contributed by atoms with Crippen LogP contribution in [0, 0.1) is 0 Å². The molecule has 4 atom stereocenters. The minimum Gasteiger partial charge on any atom is -0.484 e. The fourth-order valence-corrected chi connectivity index (χ4v) is 2.94. The molecule has 9 nitrogen and oxygen atoms in total. The molecular formula is C16H18N2O7. The van der Waals surface area contributed by atoms with Crippen LogP contribution in [-0.4, -0.2) is 66.1 Å². The first-order chi connectivity index (χ1) is 12.0. The van der Waals surface area contributed by atoms with Gasteiger partial charge in [-0.25, -0.2) is 4.79 Å². The van der Waals surface area contributed by atoms with Crippen molar-refractivity contribution in [2.24, 2.45) is 0 Å². The number of hydrogen-bond acceptors (Lipinski definition) is 6. The first-order valence-electron chi connectivity index (χ1n) is 7.71. The quantitative estimate of drug-likeness (QED) is 0.669. The van der Waals surface area contributed by atoms with Crippen molar-refractivity contribution in [3.05, 3.63) is 30.3 Å². The highest BCUT2D eigenvalue weighted by molar-refractivity contribution is 5.96. The Morgan fingerprint density at radius 1 is 1.36 bits per heavy atom. The number of nitrogens with zero attached hydrogens (tertiary/aromatic N) is 1. The maximum Gasteiger partial charge on any atom is 0.354 e. The largest absolute Gasteiger partial charge is 0.484 e. The zero-order valence-corrected chi connectivity index (χ0v) is 13.5. The average Bonchev–Trinajstić information content (AvgIpc) is 2.63. The zero-order chi connectivity index (χ0) is 18.0. The Kier molecular flexibility index (Phi) is 4.86. The molecule has 2 heterocycles. The Labute approximate surface area is 143 Å². The molecule has 2 aliphatic heterocycles. The Bertz CT molecular complexity index is 666. The molecule has 0 saturated carbocycles. The van der Waals surface area contributed by atoms with E-state index in [1.54, 1.807) is 24.3 Å². The number of fused-ring (bicyclic) bond motifs is 1. The number of carboxylic acid groups (broad SMARTS) is 1. The first-order valence-corrected chi connectivity index (χ1v) is 7.71. The van der Waals surface area contributed by atoms with Crippen LogP contribution >= 0.6 is 0 Å². The number of β-lactam (4-membered cyclic amide) rings is 1. The van der Waals surface area contributed by atoms with Gasteiger partial charge in [0.15, 0.2) is 12.9 Å². The summed E-state index contributed by atoms with van der Waals surface area (Å²) in [6.07, 6.45) is -1.89. The summed E-state index contributed by atoms with van der Waals surface area (Å²) in [5.74, 6) is -1.71. The summed E-state index contributed by atoms with van der Waals surface area (Å²) in [6.45, 7) is -0.243. The highest BCUT2D eigenvalue weighted by atomic mass is 16.7. The van der Waals surface area contributed by atoms with Crippen LogP contribution in [0.2, 0.25) is 0 Å². The van der Waals surface area contributed by atoms with E-state index in [-0.39, 0.29) is 13.0 Å². The van der Waals surface area contributed by atoms with Gasteiger partial charge in [-0.1, -0.05) is 18.2 Å². The molecule has 2 unspecified atom stereocenters. The van der Waals surface area contributed by atoms with E-state index in [0.29, 0.717) is 5.75 Å². The lowest BCUT2D eigenvalue weighted by molar-refractivity contribution is -0.262. The molecule has 134 valence electrons. The number of amides is 2. The SMILES string of the molecule is CO[C@@H]1CC2C(NC(=O)COc3ccccc3)C(=O)N2[C@@H](C(=O)O)O1. The summed E-state index contributed by atoms with van der Waals surface area (Å²) in [5, 5.41) is 11.8. The van der Waals surface area contributed by atoms with Gasteiger partial charge in [-0.3, -0.25) is 14.5 Å². The van der Waals surface area contributed by atoms with Crippen LogP contribution in [0.4, 0.5) is 0 Å². The summed E-state index contributed by atoms with van der Waals surface area (Å²) in [4.78, 5) is 36.6. The number of aliphatic carboxylic acids is 1. The maximum absolute atomic E-state index is 12.2. The molecule has 0 aromatic heterocycles. The van der Waals surface area contributed by atoms with E-state index >= 15 is 0 Å². The molecule has 0 radical (unpaired) electrons. The van der Waals surface area contributed by atoms with Gasteiger partial charge in [0.05, 0.1) is 6.04 Å². The summed E-state index contributed by atoms with van der Waals surface area (Å²) < 4.78 is 15.6. The van der Waals surface area contributed by atoms with Crippen molar-refractivity contribution in [2.75, 3.05) is 13.7 Å². The van der Waals surface area contributed by atoms with Crippen molar-refractivity contribution in [2.45, 2.75) is 31.0 Å². The van der Waals surface area contributed by atoms with Gasteiger partial charge < -0.3 is 24.6 Å². The molecule has 2 saturated heterocycles. The molecule has 2 aliphatic rings. The van der Waals surface area contributed by atoms with Crippen LogP contribution in [0.15, 0.2) is 30.3 Å². The molecule has 2 fully saturated rings. The lowest BCUT2D eigenvalue weighted by atomic mass is 9.89. The Balaban J connectivity index is 1.58. The highest BCUT2D eigenvalue weighted by Crippen LogP contribution is 2.33. The second kappa shape index (κ2) is 7.08. The summed E-state index contributed by atoms with van der Waals surface area (Å²) in [5.41, 5.74) is 0. The van der Waals surface area contributed by atoms with E-state index in [1.165, 1.54) is 7.11 Å². The van der Waals surface area contributed by atoms with E-state index in [9.17, 15) is 19.5 Å². The fraction of sp³-hybridized carbons (Fsp3) is 0.438. The monoisotopic (exact) mass is 350 g/mol. The van der Waals surface area contributed by atoms with Crippen LogP contribution in [0.3, 0.4) is 0 Å². The molecule has 0 spiro atoms. The normalized spacial score (nSPS) is 27.9. The van der Waals surface area contributed by atoms with Crippen molar-refractivity contribution in [1.29, 1.82) is 0 Å². The number of carbonyl (C=O) groups is 3. The molecule has 0 aliphatic carbocycles. The van der Waals surface area contributed by atoms with Gasteiger partial charge in [0.1, 0.15) is 11.8 Å². The van der Waals surface area contributed by atoms with Crippen molar-refractivity contribution >= 4 is 17.8 Å². The summed E-state index contributed by atoms with van der Waals surface area (Å²) in [6, 6.07) is 7.50. The second-order valence-electron chi connectivity index (χ2n) is 5.69. The molecule has 3 rings (SSSR count). The third kappa shape index (κ3) is 3.42. The number of para-hydroxylation sites is 1. The van der Waals surface area contributed by atoms with Crippen LogP contribution in [0.1, 0.15) is 6.42 Å². The van der Waals surface area contributed by atoms with Crippen molar-refractivity contribution in [3.63, 3.8) is 0 Å². The van der Waals surface area contributed by atoms with Crippen LogP contribution in [0.5, 0.6) is 5.75 Å². The minimum absolute atomic E-state index is 0.243. The molecule has 0 bridgehead atoms. The van der Waals surface area contributed by atoms with E-state index in [1.807, 2.05) is 6.07 Å². The van der Waals surface area contributed by atoms with Gasteiger partial charge in [0.25, 0.3) is 5.91 Å². The van der Waals surface area contributed by atoms with Crippen LogP contribution < -0.4 is 10.1 Å². The van der Waals surface area contributed by atoms with Gasteiger partial charge in [-0.05, 0) is 12.1 Å². The van der Waals surface area contributed by atoms with Crippen molar-refractivity contribution in [1.82, 2.24) is 10.2 Å². The number of ether oxygens (including phenoxy) is 3. The van der Waals surface area contributed by atoms with Crippen molar-refractivity contribution < 1.29 is 33.7 Å². The molecule has 1 aromatic rings. The van der Waals surface area contributed by atoms with E-state index < -0.39 is 42.4 Å². The standard InChI is InChI=1S/C16H18N2O7/c1-23-12-7-10-13(14(20)18(10)15(25-12)16(21)22)17-11(19)8-24-9-5-3-2-4-6-9/h2-6,10,12-13,15H,7-8H2,1H3,(H,17,19)(H,21,22)/t10?,12-,13?,15+/m0/s1. The topological polar surface area (TPSA) is 114 Å². The zero-order valence-electron chi connectivity index (χ0n) is 13.5. The van der Waals surface area contributed by atoms with Gasteiger partial charge >= 0.3 is 5.97 Å². The molecular weight excluding hydrogens is 332 g/mol. The average molecular weight is 350 g/mol. The predicted octanol–water partition coefficient (Wildman–Crippen LogP) is -0.435. The third-order valence-electron chi connectivity index (χ3n) is 4.13. The van der Waals surface area contributed by atoms with Crippen LogP contribution in [-0.2, 0) is 23.9 Å². The smallest absolute Gasteiger partial charge is 0.354 e. The van der Waals surface area contributed by atoms with Gasteiger partial charge in [0.2, 0.25) is 12.1 Å². The number of benzene rings is 1. The van der Waals surface area contributed by atoms with E-state index in [2.05, 4.69) is 5.32 Å². The summed E-state index contributed by atoms with van der Waals surface area (Å²) >= 11 is 0. The number of hydrogen-bond donors (Lipinski definition) is 2. The molecule has 9 heteroatoms. The van der Waals surface area contributed by atoms with Gasteiger partial charge in [-0.2, -0.15) is 0 Å². The highest BCUT2D eigenvalue weighted by Gasteiger charge is 2.57. The Hall–Kier alpha value is -2.65. The molecule has 2 N–H and O–H groups in total. The molecule has 1 aromatic carbocycles. The van der Waals surface area contributed by atoms with E-state index in [0.717, 1.165) is 4.90 Å². The molecule has 2 amide bonds. The second-order valence-corrected chi connectivity index (χ2v) is 5.69. The van der Waals surface area contributed by atoms with Crippen molar-refractivity contribution in [3.8, 4) is 5.75 Å². The summed E-state index contributed by atoms with van der Waals surface area (Å²) in [7, 11) is 1.39. The number of nitrogens with one attached hydrogen (secondary N) is 1. The number of methoxy groups -OCH3 is 1. The fourth-order valence-electron chi connectivity index (χ4n) is 2.94.